The Hall–Kier alpha value is -2.69. The molecule has 2 aromatic rings. The molecule has 0 atom stereocenters. The maximum atomic E-state index is 12.1. The highest BCUT2D eigenvalue weighted by Crippen LogP contribution is 2.16. The van der Waals surface area contributed by atoms with Crippen molar-refractivity contribution in [1.29, 1.82) is 0 Å². The van der Waals surface area contributed by atoms with Gasteiger partial charge >= 0.3 is 0 Å². The molecule has 0 saturated carbocycles. The van der Waals surface area contributed by atoms with Crippen LogP contribution in [-0.2, 0) is 10.0 Å². The van der Waals surface area contributed by atoms with Gasteiger partial charge in [0, 0.05) is 16.3 Å². The summed E-state index contributed by atoms with van der Waals surface area (Å²) in [6.45, 7) is 0. The molecule has 136 valence electrons. The number of carbonyl (C=O) groups is 1. The molecule has 0 heterocycles. The van der Waals surface area contributed by atoms with Crippen molar-refractivity contribution < 1.29 is 13.2 Å². The van der Waals surface area contributed by atoms with Gasteiger partial charge in [0.25, 0.3) is 15.9 Å². The molecule has 0 saturated heterocycles. The van der Waals surface area contributed by atoms with Crippen molar-refractivity contribution in [2.75, 3.05) is 5.32 Å². The van der Waals surface area contributed by atoms with E-state index >= 15 is 0 Å². The normalized spacial score (nSPS) is 10.7. The zero-order chi connectivity index (χ0) is 19.3. The predicted molar refractivity (Wildman–Crippen MR) is 105 cm³/mol. The minimum atomic E-state index is -3.97. The largest absolute Gasteiger partial charge is 0.369 e. The molecule has 11 heteroatoms. The molecule has 2 rings (SSSR count). The first kappa shape index (κ1) is 19.6. The Morgan fingerprint density at radius 1 is 1.12 bits per heavy atom. The fourth-order valence-electron chi connectivity index (χ4n) is 1.87. The summed E-state index contributed by atoms with van der Waals surface area (Å²) in [5, 5.41) is 5.72. The highest BCUT2D eigenvalue weighted by Gasteiger charge is 2.13. The number of nitrogens with zero attached hydrogens (tertiary/aromatic N) is 1. The zero-order valence-electron chi connectivity index (χ0n) is 13.1. The lowest BCUT2D eigenvalue weighted by atomic mass is 10.2. The number of thiocarbonyl (C=S) groups is 1. The van der Waals surface area contributed by atoms with Crippen LogP contribution in [0.3, 0.4) is 0 Å². The smallest absolute Gasteiger partial charge is 0.285 e. The molecule has 2 aromatic carbocycles. The lowest BCUT2D eigenvalue weighted by molar-refractivity contribution is 0.0977. The van der Waals surface area contributed by atoms with Gasteiger partial charge in [-0.3, -0.25) is 10.1 Å². The predicted octanol–water partition coefficient (Wildman–Crippen LogP) is 1.43. The van der Waals surface area contributed by atoms with Crippen molar-refractivity contribution >= 4 is 56.5 Å². The van der Waals surface area contributed by atoms with Crippen LogP contribution in [0.25, 0.3) is 0 Å². The number of hydrogen-bond acceptors (Lipinski definition) is 4. The number of benzene rings is 2. The number of halogens is 1. The third-order valence-electron chi connectivity index (χ3n) is 2.95. The van der Waals surface area contributed by atoms with Crippen molar-refractivity contribution in [2.45, 2.75) is 4.90 Å². The summed E-state index contributed by atoms with van der Waals surface area (Å²) in [5.41, 5.74) is 11.0. The van der Waals surface area contributed by atoms with Crippen molar-refractivity contribution in [1.82, 2.24) is 5.32 Å². The lowest BCUT2D eigenvalue weighted by Gasteiger charge is -2.10. The summed E-state index contributed by atoms with van der Waals surface area (Å²) >= 11 is 10.9. The van der Waals surface area contributed by atoms with Gasteiger partial charge in [-0.15, -0.1) is 4.40 Å². The molecule has 0 spiro atoms. The van der Waals surface area contributed by atoms with Crippen LogP contribution in [0.4, 0.5) is 5.69 Å². The van der Waals surface area contributed by atoms with Crippen LogP contribution >= 0.6 is 23.8 Å². The summed E-state index contributed by atoms with van der Waals surface area (Å²) < 4.78 is 26.9. The molecule has 8 nitrogen and oxygen atoms in total. The van der Waals surface area contributed by atoms with Crippen LogP contribution in [-0.4, -0.2) is 25.4 Å². The summed E-state index contributed by atoms with van der Waals surface area (Å²) in [6.07, 6.45) is 0. The van der Waals surface area contributed by atoms with E-state index in [9.17, 15) is 13.2 Å². The first-order valence-electron chi connectivity index (χ1n) is 7.01. The van der Waals surface area contributed by atoms with Crippen LogP contribution in [0.1, 0.15) is 10.4 Å². The molecule has 0 radical (unpaired) electrons. The summed E-state index contributed by atoms with van der Waals surface area (Å²) in [7, 11) is -3.97. The third-order valence-corrected chi connectivity index (χ3v) is 4.71. The molecule has 0 fully saturated rings. The quantitative estimate of drug-likeness (QED) is 0.339. The van der Waals surface area contributed by atoms with E-state index in [4.69, 9.17) is 35.3 Å². The average molecular weight is 412 g/mol. The van der Waals surface area contributed by atoms with Gasteiger partial charge in [-0.2, -0.15) is 8.42 Å². The van der Waals surface area contributed by atoms with Gasteiger partial charge in [-0.1, -0.05) is 17.7 Å². The number of sulfonamides is 1. The second kappa shape index (κ2) is 8.13. The van der Waals surface area contributed by atoms with Crippen molar-refractivity contribution in [2.24, 2.45) is 15.9 Å². The number of guanidine groups is 1. The van der Waals surface area contributed by atoms with Crippen molar-refractivity contribution in [3.63, 3.8) is 0 Å². The van der Waals surface area contributed by atoms with E-state index in [1.165, 1.54) is 30.3 Å². The summed E-state index contributed by atoms with van der Waals surface area (Å²) in [6, 6.07) is 11.9. The van der Waals surface area contributed by atoms with Crippen LogP contribution < -0.4 is 22.1 Å². The minimum absolute atomic E-state index is 0.0369. The fourth-order valence-corrected chi connectivity index (χ4v) is 3.13. The molecular formula is C15H14ClN5O3S2. The van der Waals surface area contributed by atoms with Gasteiger partial charge < -0.3 is 16.8 Å². The Morgan fingerprint density at radius 3 is 2.35 bits per heavy atom. The van der Waals surface area contributed by atoms with Crippen molar-refractivity contribution in [3.8, 4) is 0 Å². The first-order valence-corrected chi connectivity index (χ1v) is 9.24. The number of rotatable bonds is 4. The highest BCUT2D eigenvalue weighted by molar-refractivity contribution is 7.90. The lowest BCUT2D eigenvalue weighted by Crippen LogP contribution is -2.34. The highest BCUT2D eigenvalue weighted by atomic mass is 35.5. The van der Waals surface area contributed by atoms with Gasteiger partial charge in [0.15, 0.2) is 5.11 Å². The zero-order valence-corrected chi connectivity index (χ0v) is 15.5. The van der Waals surface area contributed by atoms with Crippen LogP contribution in [0.5, 0.6) is 0 Å². The van der Waals surface area contributed by atoms with E-state index in [1.807, 2.05) is 0 Å². The third kappa shape index (κ3) is 5.41. The molecule has 26 heavy (non-hydrogen) atoms. The molecule has 0 unspecified atom stereocenters. The van der Waals surface area contributed by atoms with E-state index in [0.29, 0.717) is 16.3 Å². The number of carbonyl (C=O) groups excluding carboxylic acids is 1. The maximum Gasteiger partial charge on any atom is 0.285 e. The molecule has 0 aromatic heterocycles. The van der Waals surface area contributed by atoms with E-state index in [2.05, 4.69) is 15.0 Å². The number of amides is 1. The van der Waals surface area contributed by atoms with Gasteiger partial charge in [0.05, 0.1) is 4.90 Å². The monoisotopic (exact) mass is 411 g/mol. The molecule has 0 aliphatic rings. The molecule has 1 amide bonds. The van der Waals surface area contributed by atoms with Crippen molar-refractivity contribution in [3.05, 3.63) is 59.1 Å². The van der Waals surface area contributed by atoms with Crippen LogP contribution in [0.15, 0.2) is 57.8 Å². The Kier molecular flexibility index (Phi) is 6.14. The first-order chi connectivity index (χ1) is 12.2. The SMILES string of the molecule is NC(N)=NS(=O)(=O)c1ccc(NC(=S)NC(=O)c2cccc(Cl)c2)cc1. The topological polar surface area (TPSA) is 140 Å². The Labute approximate surface area is 160 Å². The standard InChI is InChI=1S/C15H14ClN5O3S2/c16-10-3-1-2-9(8-10)13(22)20-15(25)19-11-4-6-12(7-5-11)26(23,24)21-14(17)18/h1-8H,(H4,17,18,21)(H2,19,20,22,25). The fraction of sp³-hybridized carbons (Fsp3) is 0. The van der Waals surface area contributed by atoms with Gasteiger partial charge in [0.2, 0.25) is 5.96 Å². The Bertz CT molecular complexity index is 971. The molecule has 0 bridgehead atoms. The average Bonchev–Trinajstić information content (AvgIpc) is 2.54. The van der Waals surface area contributed by atoms with E-state index < -0.39 is 21.9 Å². The molecule has 0 aliphatic carbocycles. The van der Waals surface area contributed by atoms with Crippen LogP contribution in [0, 0.1) is 0 Å². The number of nitrogens with one attached hydrogen (secondary N) is 2. The second-order valence-electron chi connectivity index (χ2n) is 4.93. The molecule has 0 aliphatic heterocycles. The van der Waals surface area contributed by atoms with E-state index in [-0.39, 0.29) is 10.0 Å². The van der Waals surface area contributed by atoms with Gasteiger partial charge in [0.1, 0.15) is 0 Å². The maximum absolute atomic E-state index is 12.1. The van der Waals surface area contributed by atoms with E-state index in [1.54, 1.807) is 18.2 Å². The molecule has 6 N–H and O–H groups in total. The Morgan fingerprint density at radius 2 is 1.77 bits per heavy atom. The number of anilines is 1. The summed E-state index contributed by atoms with van der Waals surface area (Å²) in [5.74, 6) is -0.992. The second-order valence-corrected chi connectivity index (χ2v) is 7.38. The number of nitrogens with two attached hydrogens (primary N) is 2. The minimum Gasteiger partial charge on any atom is -0.369 e. The summed E-state index contributed by atoms with van der Waals surface area (Å²) in [4.78, 5) is 12.0. The van der Waals surface area contributed by atoms with E-state index in [0.717, 1.165) is 0 Å². The Balaban J connectivity index is 2.04. The van der Waals surface area contributed by atoms with Crippen LogP contribution in [0.2, 0.25) is 5.02 Å². The van der Waals surface area contributed by atoms with Gasteiger partial charge in [-0.25, -0.2) is 0 Å². The van der Waals surface area contributed by atoms with Gasteiger partial charge in [-0.05, 0) is 54.7 Å². The number of hydrogen-bond donors (Lipinski definition) is 4. The molecular weight excluding hydrogens is 398 g/mol.